The van der Waals surface area contributed by atoms with Gasteiger partial charge >= 0.3 is 0 Å². The van der Waals surface area contributed by atoms with E-state index < -0.39 is 0 Å². The van der Waals surface area contributed by atoms with Crippen molar-refractivity contribution in [3.63, 3.8) is 0 Å². The molecule has 2 heteroatoms. The molecule has 1 unspecified atom stereocenters. The van der Waals surface area contributed by atoms with Crippen molar-refractivity contribution < 1.29 is 5.11 Å². The largest absolute Gasteiger partial charge is 0.392 e. The maximum Gasteiger partial charge on any atom is 0.0664 e. The molecule has 2 aliphatic rings. The zero-order valence-corrected chi connectivity index (χ0v) is 8.63. The Kier molecular flexibility index (Phi) is 2.61. The van der Waals surface area contributed by atoms with Crippen LogP contribution in [0.15, 0.2) is 0 Å². The Hall–Kier alpha value is -0.0800. The first-order valence-corrected chi connectivity index (χ1v) is 5.64. The molecule has 0 aromatic rings. The number of aliphatic hydroxyl groups excluding tert-OH is 1. The fraction of sp³-hybridized carbons (Fsp3) is 1.00. The highest BCUT2D eigenvalue weighted by Gasteiger charge is 2.44. The molecule has 1 spiro atoms. The Morgan fingerprint density at radius 2 is 1.92 bits per heavy atom. The number of rotatable bonds is 3. The Labute approximate surface area is 80.9 Å². The van der Waals surface area contributed by atoms with Gasteiger partial charge in [-0.15, -0.1) is 0 Å². The van der Waals surface area contributed by atoms with Gasteiger partial charge in [0.15, 0.2) is 0 Å². The van der Waals surface area contributed by atoms with Gasteiger partial charge in [0.05, 0.1) is 6.10 Å². The lowest BCUT2D eigenvalue weighted by molar-refractivity contribution is -0.0238. The van der Waals surface area contributed by atoms with Crippen LogP contribution in [0.2, 0.25) is 0 Å². The first-order valence-electron chi connectivity index (χ1n) is 5.64. The molecule has 1 aliphatic carbocycles. The van der Waals surface area contributed by atoms with Crippen molar-refractivity contribution in [2.45, 2.75) is 45.1 Å². The normalized spacial score (nSPS) is 29.1. The summed E-state index contributed by atoms with van der Waals surface area (Å²) in [6, 6.07) is 0. The van der Waals surface area contributed by atoms with Crippen molar-refractivity contribution in [1.82, 2.24) is 4.90 Å². The monoisotopic (exact) mass is 183 g/mol. The van der Waals surface area contributed by atoms with E-state index in [9.17, 15) is 5.11 Å². The van der Waals surface area contributed by atoms with Crippen molar-refractivity contribution in [1.29, 1.82) is 0 Å². The van der Waals surface area contributed by atoms with Crippen LogP contribution in [0.25, 0.3) is 0 Å². The maximum absolute atomic E-state index is 9.48. The van der Waals surface area contributed by atoms with E-state index in [2.05, 4.69) is 11.8 Å². The number of hydrogen-bond acceptors (Lipinski definition) is 2. The van der Waals surface area contributed by atoms with Crippen LogP contribution in [-0.4, -0.2) is 35.7 Å². The summed E-state index contributed by atoms with van der Waals surface area (Å²) < 4.78 is 0. The molecule has 2 fully saturated rings. The molecule has 1 saturated carbocycles. The van der Waals surface area contributed by atoms with Gasteiger partial charge in [0.25, 0.3) is 0 Å². The average molecular weight is 183 g/mol. The van der Waals surface area contributed by atoms with Gasteiger partial charge in [-0.05, 0) is 24.7 Å². The molecule has 1 aliphatic heterocycles. The van der Waals surface area contributed by atoms with E-state index in [4.69, 9.17) is 0 Å². The van der Waals surface area contributed by atoms with Gasteiger partial charge in [0, 0.05) is 19.6 Å². The highest BCUT2D eigenvalue weighted by Crippen LogP contribution is 2.45. The SMILES string of the molecule is CCC(O)CN1CC2(CCCC2)C1. The Morgan fingerprint density at radius 1 is 1.31 bits per heavy atom. The number of hydrogen-bond donors (Lipinski definition) is 1. The molecule has 1 heterocycles. The molecule has 1 saturated heterocycles. The highest BCUT2D eigenvalue weighted by molar-refractivity contribution is 4.98. The van der Waals surface area contributed by atoms with Gasteiger partial charge in [-0.2, -0.15) is 0 Å². The quantitative estimate of drug-likeness (QED) is 0.719. The topological polar surface area (TPSA) is 23.5 Å². The van der Waals surface area contributed by atoms with Gasteiger partial charge < -0.3 is 5.11 Å². The first kappa shape index (κ1) is 9.47. The van der Waals surface area contributed by atoms with Gasteiger partial charge in [0.2, 0.25) is 0 Å². The van der Waals surface area contributed by atoms with E-state index >= 15 is 0 Å². The third-order valence-corrected chi connectivity index (χ3v) is 3.72. The van der Waals surface area contributed by atoms with Crippen molar-refractivity contribution in [2.24, 2.45) is 5.41 Å². The molecule has 13 heavy (non-hydrogen) atoms. The standard InChI is InChI=1S/C11H21NO/c1-2-10(13)7-12-8-11(9-12)5-3-4-6-11/h10,13H,2-9H2,1H3. The summed E-state index contributed by atoms with van der Waals surface area (Å²) in [4.78, 5) is 2.42. The smallest absolute Gasteiger partial charge is 0.0664 e. The van der Waals surface area contributed by atoms with Crippen LogP contribution in [0.4, 0.5) is 0 Å². The van der Waals surface area contributed by atoms with Gasteiger partial charge in [-0.3, -0.25) is 4.90 Å². The zero-order valence-electron chi connectivity index (χ0n) is 8.63. The molecule has 0 aromatic carbocycles. The van der Waals surface area contributed by atoms with Gasteiger partial charge in [-0.1, -0.05) is 19.8 Å². The van der Waals surface area contributed by atoms with Gasteiger partial charge in [-0.25, -0.2) is 0 Å². The summed E-state index contributed by atoms with van der Waals surface area (Å²) in [7, 11) is 0. The summed E-state index contributed by atoms with van der Waals surface area (Å²) >= 11 is 0. The molecule has 1 atom stereocenters. The van der Waals surface area contributed by atoms with Crippen LogP contribution in [0.5, 0.6) is 0 Å². The Morgan fingerprint density at radius 3 is 2.46 bits per heavy atom. The molecule has 0 aromatic heterocycles. The van der Waals surface area contributed by atoms with Crippen LogP contribution in [0.1, 0.15) is 39.0 Å². The summed E-state index contributed by atoms with van der Waals surface area (Å²) in [5, 5.41) is 9.48. The molecular weight excluding hydrogens is 162 g/mol. The summed E-state index contributed by atoms with van der Waals surface area (Å²) in [5.74, 6) is 0. The van der Waals surface area contributed by atoms with E-state index in [0.29, 0.717) is 5.41 Å². The lowest BCUT2D eigenvalue weighted by Crippen LogP contribution is -2.56. The second-order valence-electron chi connectivity index (χ2n) is 4.94. The van der Waals surface area contributed by atoms with Crippen LogP contribution >= 0.6 is 0 Å². The van der Waals surface area contributed by atoms with Gasteiger partial charge in [0.1, 0.15) is 0 Å². The van der Waals surface area contributed by atoms with Crippen molar-refractivity contribution >= 4 is 0 Å². The van der Waals surface area contributed by atoms with E-state index in [1.165, 1.54) is 38.8 Å². The lowest BCUT2D eigenvalue weighted by Gasteiger charge is -2.49. The second kappa shape index (κ2) is 3.58. The summed E-state index contributed by atoms with van der Waals surface area (Å²) in [6.45, 7) is 5.46. The van der Waals surface area contributed by atoms with Crippen molar-refractivity contribution in [3.05, 3.63) is 0 Å². The number of nitrogens with zero attached hydrogens (tertiary/aromatic N) is 1. The molecule has 2 nitrogen and oxygen atoms in total. The molecule has 0 radical (unpaired) electrons. The minimum absolute atomic E-state index is 0.0984. The minimum atomic E-state index is -0.0984. The average Bonchev–Trinajstić information content (AvgIpc) is 2.52. The number of likely N-dealkylation sites (tertiary alicyclic amines) is 1. The van der Waals surface area contributed by atoms with Crippen LogP contribution in [0.3, 0.4) is 0 Å². The molecule has 76 valence electrons. The molecule has 0 bridgehead atoms. The Bertz CT molecular complexity index is 167. The van der Waals surface area contributed by atoms with Crippen LogP contribution in [0, 0.1) is 5.41 Å². The fourth-order valence-electron chi connectivity index (χ4n) is 2.90. The second-order valence-corrected chi connectivity index (χ2v) is 4.94. The molecule has 0 amide bonds. The molecular formula is C11H21NO. The Balaban J connectivity index is 1.71. The predicted octanol–water partition coefficient (Wildman–Crippen LogP) is 1.63. The van der Waals surface area contributed by atoms with E-state index in [1.54, 1.807) is 0 Å². The van der Waals surface area contributed by atoms with Crippen LogP contribution < -0.4 is 0 Å². The van der Waals surface area contributed by atoms with E-state index in [0.717, 1.165) is 13.0 Å². The van der Waals surface area contributed by atoms with E-state index in [1.807, 2.05) is 0 Å². The molecule has 1 N–H and O–H groups in total. The van der Waals surface area contributed by atoms with Crippen molar-refractivity contribution in [2.75, 3.05) is 19.6 Å². The summed E-state index contributed by atoms with van der Waals surface area (Å²) in [6.07, 6.45) is 6.54. The fourth-order valence-corrected chi connectivity index (χ4v) is 2.90. The highest BCUT2D eigenvalue weighted by atomic mass is 16.3. The number of aliphatic hydroxyl groups is 1. The third-order valence-electron chi connectivity index (χ3n) is 3.72. The maximum atomic E-state index is 9.48. The third kappa shape index (κ3) is 1.89. The van der Waals surface area contributed by atoms with Crippen molar-refractivity contribution in [3.8, 4) is 0 Å². The van der Waals surface area contributed by atoms with Crippen LogP contribution in [-0.2, 0) is 0 Å². The minimum Gasteiger partial charge on any atom is -0.392 e. The zero-order chi connectivity index (χ0) is 9.31. The number of β-amino-alcohol motifs (C(OH)–C–C–N with tert-alkyl or cyclic N) is 1. The summed E-state index contributed by atoms with van der Waals surface area (Å²) in [5.41, 5.74) is 0.688. The first-order chi connectivity index (χ1) is 6.24. The lowest BCUT2D eigenvalue weighted by atomic mass is 9.78. The predicted molar refractivity (Wildman–Crippen MR) is 53.6 cm³/mol. The molecule has 2 rings (SSSR count). The van der Waals surface area contributed by atoms with E-state index in [-0.39, 0.29) is 6.10 Å².